The van der Waals surface area contributed by atoms with E-state index in [1.54, 1.807) is 12.1 Å². The Bertz CT molecular complexity index is 509. The van der Waals surface area contributed by atoms with Crippen LogP contribution in [0.2, 0.25) is 0 Å². The molecule has 0 heterocycles. The van der Waals surface area contributed by atoms with Crippen LogP contribution in [-0.4, -0.2) is 7.11 Å². The Morgan fingerprint density at radius 2 is 1.94 bits per heavy atom. The summed E-state index contributed by atoms with van der Waals surface area (Å²) in [5, 5.41) is 17.4. The lowest BCUT2D eigenvalue weighted by atomic mass is 10.0. The van der Waals surface area contributed by atoms with Gasteiger partial charge in [0.05, 0.1) is 30.7 Å². The highest BCUT2D eigenvalue weighted by Gasteiger charge is 2.36. The molecule has 0 radical (unpaired) electrons. The second-order valence-corrected chi connectivity index (χ2v) is 3.12. The molecule has 0 N–H and O–H groups in total. The van der Waals surface area contributed by atoms with Gasteiger partial charge in [0.2, 0.25) is 0 Å². The van der Waals surface area contributed by atoms with Crippen molar-refractivity contribution in [1.82, 2.24) is 0 Å². The minimum Gasteiger partial charge on any atom is -0.495 e. The molecule has 0 saturated carbocycles. The van der Waals surface area contributed by atoms with E-state index in [1.165, 1.54) is 0 Å². The fourth-order valence-electron chi connectivity index (χ4n) is 1.41. The number of ether oxygens (including phenoxy) is 1. The van der Waals surface area contributed by atoms with Crippen LogP contribution in [0.3, 0.4) is 0 Å². The van der Waals surface area contributed by atoms with Crippen molar-refractivity contribution in [1.29, 1.82) is 10.5 Å². The standard InChI is InChI=1S/C11H7F3N2O/c1-17-10-8(6-16)7(4-5-15)2-3-9(10)11(12,13)14/h2-3H,4H2,1H3. The van der Waals surface area contributed by atoms with Gasteiger partial charge >= 0.3 is 6.18 Å². The first-order valence-electron chi connectivity index (χ1n) is 4.49. The lowest BCUT2D eigenvalue weighted by Gasteiger charge is -2.14. The van der Waals surface area contributed by atoms with Gasteiger partial charge in [0.25, 0.3) is 0 Å². The minimum absolute atomic E-state index is 0.141. The van der Waals surface area contributed by atoms with Crippen LogP contribution in [-0.2, 0) is 12.6 Å². The number of hydrogen-bond donors (Lipinski definition) is 0. The number of hydrogen-bond acceptors (Lipinski definition) is 3. The van der Waals surface area contributed by atoms with Gasteiger partial charge in [-0.25, -0.2) is 0 Å². The summed E-state index contributed by atoms with van der Waals surface area (Å²) in [5.41, 5.74) is -1.04. The van der Waals surface area contributed by atoms with Crippen LogP contribution in [0.1, 0.15) is 16.7 Å². The Morgan fingerprint density at radius 3 is 2.35 bits per heavy atom. The summed E-state index contributed by atoms with van der Waals surface area (Å²) in [7, 11) is 1.06. The second-order valence-electron chi connectivity index (χ2n) is 3.12. The molecule has 88 valence electrons. The van der Waals surface area contributed by atoms with Crippen LogP contribution in [0.5, 0.6) is 5.75 Å². The molecular formula is C11H7F3N2O. The Morgan fingerprint density at radius 1 is 1.29 bits per heavy atom. The summed E-state index contributed by atoms with van der Waals surface area (Å²) >= 11 is 0. The zero-order valence-electron chi connectivity index (χ0n) is 8.80. The van der Waals surface area contributed by atoms with Gasteiger partial charge in [0.1, 0.15) is 11.8 Å². The third kappa shape index (κ3) is 2.48. The summed E-state index contributed by atoms with van der Waals surface area (Å²) in [5.74, 6) is -0.534. The largest absolute Gasteiger partial charge is 0.495 e. The third-order valence-corrected chi connectivity index (χ3v) is 2.13. The van der Waals surface area contributed by atoms with Gasteiger partial charge in [-0.15, -0.1) is 0 Å². The highest BCUT2D eigenvalue weighted by atomic mass is 19.4. The zero-order valence-corrected chi connectivity index (χ0v) is 8.80. The van der Waals surface area contributed by atoms with E-state index in [2.05, 4.69) is 4.74 Å². The first-order chi connectivity index (χ1) is 7.95. The molecule has 1 rings (SSSR count). The Balaban J connectivity index is 3.51. The van der Waals surface area contributed by atoms with E-state index in [0.717, 1.165) is 19.2 Å². The van der Waals surface area contributed by atoms with Crippen molar-refractivity contribution in [3.05, 3.63) is 28.8 Å². The highest BCUT2D eigenvalue weighted by molar-refractivity contribution is 5.55. The van der Waals surface area contributed by atoms with Crippen molar-refractivity contribution in [2.75, 3.05) is 7.11 Å². The average molecular weight is 240 g/mol. The van der Waals surface area contributed by atoms with Crippen molar-refractivity contribution < 1.29 is 17.9 Å². The summed E-state index contributed by atoms with van der Waals surface area (Å²) in [6.07, 6.45) is -4.74. The van der Waals surface area contributed by atoms with Crippen molar-refractivity contribution in [2.45, 2.75) is 12.6 Å². The van der Waals surface area contributed by atoms with Crippen LogP contribution in [0.4, 0.5) is 13.2 Å². The molecule has 3 nitrogen and oxygen atoms in total. The summed E-state index contributed by atoms with van der Waals surface area (Å²) in [6.45, 7) is 0. The SMILES string of the molecule is COc1c(C(F)(F)F)ccc(CC#N)c1C#N. The van der Waals surface area contributed by atoms with E-state index in [4.69, 9.17) is 10.5 Å². The molecule has 0 aliphatic rings. The van der Waals surface area contributed by atoms with Crippen molar-refractivity contribution in [2.24, 2.45) is 0 Å². The summed E-state index contributed by atoms with van der Waals surface area (Å²) in [6, 6.07) is 5.35. The number of halogens is 3. The van der Waals surface area contributed by atoms with E-state index in [9.17, 15) is 13.2 Å². The predicted molar refractivity (Wildman–Crippen MR) is 52.0 cm³/mol. The molecule has 0 amide bonds. The van der Waals surface area contributed by atoms with Crippen LogP contribution < -0.4 is 4.74 Å². The molecular weight excluding hydrogens is 233 g/mol. The van der Waals surface area contributed by atoms with Gasteiger partial charge in [-0.2, -0.15) is 23.7 Å². The van der Waals surface area contributed by atoms with E-state index in [-0.39, 0.29) is 17.5 Å². The van der Waals surface area contributed by atoms with Gasteiger partial charge in [0, 0.05) is 0 Å². The molecule has 0 saturated heterocycles. The summed E-state index contributed by atoms with van der Waals surface area (Å²) in [4.78, 5) is 0. The predicted octanol–water partition coefficient (Wildman–Crippen LogP) is 2.65. The minimum atomic E-state index is -4.60. The monoisotopic (exact) mass is 240 g/mol. The van der Waals surface area contributed by atoms with Gasteiger partial charge in [0.15, 0.2) is 0 Å². The van der Waals surface area contributed by atoms with E-state index in [1.807, 2.05) is 0 Å². The second kappa shape index (κ2) is 4.75. The van der Waals surface area contributed by atoms with Crippen LogP contribution in [0, 0.1) is 22.7 Å². The number of rotatable bonds is 2. The topological polar surface area (TPSA) is 56.8 Å². The molecule has 17 heavy (non-hydrogen) atoms. The molecule has 0 bridgehead atoms. The van der Waals surface area contributed by atoms with Gasteiger partial charge in [-0.1, -0.05) is 6.07 Å². The Hall–Kier alpha value is -2.21. The number of nitriles is 2. The molecule has 0 aromatic heterocycles. The van der Waals surface area contributed by atoms with Crippen LogP contribution >= 0.6 is 0 Å². The number of benzene rings is 1. The first kappa shape index (κ1) is 12.9. The maximum Gasteiger partial charge on any atom is 0.420 e. The van der Waals surface area contributed by atoms with Crippen LogP contribution in [0.15, 0.2) is 12.1 Å². The third-order valence-electron chi connectivity index (χ3n) is 2.13. The normalized spacial score (nSPS) is 10.5. The number of methoxy groups -OCH3 is 1. The lowest BCUT2D eigenvalue weighted by Crippen LogP contribution is -2.09. The quantitative estimate of drug-likeness (QED) is 0.798. The molecule has 0 unspecified atom stereocenters. The van der Waals surface area contributed by atoms with Crippen molar-refractivity contribution in [3.63, 3.8) is 0 Å². The molecule has 0 aliphatic carbocycles. The number of alkyl halides is 3. The molecule has 0 aliphatic heterocycles. The van der Waals surface area contributed by atoms with Crippen LogP contribution in [0.25, 0.3) is 0 Å². The molecule has 0 fully saturated rings. The van der Waals surface area contributed by atoms with Crippen molar-refractivity contribution in [3.8, 4) is 17.9 Å². The Kier molecular flexibility index (Phi) is 3.59. The smallest absolute Gasteiger partial charge is 0.420 e. The van der Waals surface area contributed by atoms with E-state index < -0.39 is 17.5 Å². The Labute approximate surface area is 95.7 Å². The molecule has 0 spiro atoms. The van der Waals surface area contributed by atoms with Gasteiger partial charge in [-0.05, 0) is 11.6 Å². The van der Waals surface area contributed by atoms with Gasteiger partial charge in [-0.3, -0.25) is 0 Å². The molecule has 0 atom stereocenters. The maximum absolute atomic E-state index is 12.6. The highest BCUT2D eigenvalue weighted by Crippen LogP contribution is 2.39. The fraction of sp³-hybridized carbons (Fsp3) is 0.273. The molecule has 6 heteroatoms. The summed E-state index contributed by atoms with van der Waals surface area (Å²) < 4.78 is 42.5. The molecule has 1 aromatic carbocycles. The van der Waals surface area contributed by atoms with E-state index >= 15 is 0 Å². The first-order valence-corrected chi connectivity index (χ1v) is 4.49. The average Bonchev–Trinajstić information content (AvgIpc) is 2.27. The maximum atomic E-state index is 12.6. The zero-order chi connectivity index (χ0) is 13.1. The van der Waals surface area contributed by atoms with E-state index in [0.29, 0.717) is 0 Å². The number of nitrogens with zero attached hydrogens (tertiary/aromatic N) is 2. The fourth-order valence-corrected chi connectivity index (χ4v) is 1.41. The molecule has 1 aromatic rings. The van der Waals surface area contributed by atoms with Gasteiger partial charge < -0.3 is 4.74 Å². The lowest BCUT2D eigenvalue weighted by molar-refractivity contribution is -0.138. The van der Waals surface area contributed by atoms with Crippen molar-refractivity contribution >= 4 is 0 Å².